The number of amides is 1. The van der Waals surface area contributed by atoms with E-state index in [1.54, 1.807) is 11.3 Å². The molecule has 1 amide bonds. The number of nitrogens with one attached hydrogen (secondary N) is 1. The molecule has 0 unspecified atom stereocenters. The van der Waals surface area contributed by atoms with Crippen molar-refractivity contribution in [1.29, 1.82) is 0 Å². The molecular formula is C11H13N3OS. The average molecular weight is 235 g/mol. The van der Waals surface area contributed by atoms with Gasteiger partial charge in [0.05, 0.1) is 5.69 Å². The number of hydrogen-bond donors (Lipinski definition) is 2. The van der Waals surface area contributed by atoms with E-state index in [9.17, 15) is 4.79 Å². The number of thiophene rings is 1. The zero-order valence-electron chi connectivity index (χ0n) is 8.99. The molecule has 0 fully saturated rings. The average Bonchev–Trinajstić information content (AvgIpc) is 2.83. The van der Waals surface area contributed by atoms with Crippen molar-refractivity contribution in [2.75, 3.05) is 0 Å². The quantitative estimate of drug-likeness (QED) is 0.849. The third-order valence-corrected chi connectivity index (χ3v) is 3.17. The van der Waals surface area contributed by atoms with Gasteiger partial charge in [-0.2, -0.15) is 16.4 Å². The molecule has 0 saturated heterocycles. The van der Waals surface area contributed by atoms with Crippen LogP contribution >= 0.6 is 11.3 Å². The van der Waals surface area contributed by atoms with E-state index >= 15 is 0 Å². The SMILES string of the molecule is Cc1[nH]nc(-c2ccsc2)c1CCC(N)=O. The Hall–Kier alpha value is -1.62. The number of aryl methyl sites for hydroxylation is 1. The van der Waals surface area contributed by atoms with E-state index in [4.69, 9.17) is 5.73 Å². The van der Waals surface area contributed by atoms with Gasteiger partial charge in [-0.3, -0.25) is 9.89 Å². The lowest BCUT2D eigenvalue weighted by Gasteiger charge is -2.00. The fourth-order valence-electron chi connectivity index (χ4n) is 1.64. The summed E-state index contributed by atoms with van der Waals surface area (Å²) >= 11 is 1.63. The molecule has 0 aliphatic carbocycles. The van der Waals surface area contributed by atoms with Crippen LogP contribution in [0.4, 0.5) is 0 Å². The summed E-state index contributed by atoms with van der Waals surface area (Å²) in [5, 5.41) is 11.3. The Kier molecular flexibility index (Phi) is 3.05. The van der Waals surface area contributed by atoms with Crippen molar-refractivity contribution in [2.24, 2.45) is 5.73 Å². The summed E-state index contributed by atoms with van der Waals surface area (Å²) < 4.78 is 0. The fraction of sp³-hybridized carbons (Fsp3) is 0.273. The number of primary amides is 1. The third kappa shape index (κ3) is 2.14. The van der Waals surface area contributed by atoms with Crippen LogP contribution in [0.3, 0.4) is 0 Å². The van der Waals surface area contributed by atoms with Crippen molar-refractivity contribution in [2.45, 2.75) is 19.8 Å². The first-order chi connectivity index (χ1) is 7.68. The minimum Gasteiger partial charge on any atom is -0.370 e. The van der Waals surface area contributed by atoms with Crippen LogP contribution in [0.5, 0.6) is 0 Å². The topological polar surface area (TPSA) is 71.8 Å². The molecule has 2 heterocycles. The van der Waals surface area contributed by atoms with Gasteiger partial charge >= 0.3 is 0 Å². The highest BCUT2D eigenvalue weighted by molar-refractivity contribution is 7.08. The summed E-state index contributed by atoms with van der Waals surface area (Å²) in [6, 6.07) is 2.02. The maximum Gasteiger partial charge on any atom is 0.217 e. The van der Waals surface area contributed by atoms with Crippen LogP contribution in [0, 0.1) is 6.92 Å². The molecule has 0 saturated carbocycles. The molecule has 0 spiro atoms. The van der Waals surface area contributed by atoms with Gasteiger partial charge in [0, 0.05) is 28.6 Å². The number of nitrogens with zero attached hydrogens (tertiary/aromatic N) is 1. The van der Waals surface area contributed by atoms with Gasteiger partial charge in [0.1, 0.15) is 0 Å². The number of nitrogens with two attached hydrogens (primary N) is 1. The monoisotopic (exact) mass is 235 g/mol. The largest absolute Gasteiger partial charge is 0.370 e. The predicted octanol–water partition coefficient (Wildman–Crippen LogP) is 1.86. The number of H-pyrrole nitrogens is 1. The Morgan fingerprint density at radius 2 is 2.44 bits per heavy atom. The fourth-order valence-corrected chi connectivity index (χ4v) is 2.28. The van der Waals surface area contributed by atoms with Gasteiger partial charge in [0.2, 0.25) is 5.91 Å². The molecule has 2 rings (SSSR count). The lowest BCUT2D eigenvalue weighted by molar-refractivity contribution is -0.117. The number of rotatable bonds is 4. The summed E-state index contributed by atoms with van der Waals surface area (Å²) in [6.45, 7) is 1.96. The lowest BCUT2D eigenvalue weighted by atomic mass is 10.0. The molecule has 2 aromatic heterocycles. The number of hydrogen-bond acceptors (Lipinski definition) is 3. The summed E-state index contributed by atoms with van der Waals surface area (Å²) in [4.78, 5) is 10.8. The van der Waals surface area contributed by atoms with Crippen molar-refractivity contribution in [3.63, 3.8) is 0 Å². The van der Waals surface area contributed by atoms with Crippen molar-refractivity contribution < 1.29 is 4.79 Å². The zero-order valence-corrected chi connectivity index (χ0v) is 9.80. The highest BCUT2D eigenvalue weighted by Crippen LogP contribution is 2.26. The van der Waals surface area contributed by atoms with Crippen LogP contribution < -0.4 is 5.73 Å². The van der Waals surface area contributed by atoms with Gasteiger partial charge in [0.25, 0.3) is 0 Å². The van der Waals surface area contributed by atoms with Crippen LogP contribution in [0.25, 0.3) is 11.3 Å². The Bertz CT molecular complexity index is 487. The molecule has 3 N–H and O–H groups in total. The summed E-state index contributed by atoms with van der Waals surface area (Å²) in [5.74, 6) is -0.281. The number of carbonyl (C=O) groups excluding carboxylic acids is 1. The van der Waals surface area contributed by atoms with Crippen LogP contribution in [0.1, 0.15) is 17.7 Å². The Morgan fingerprint density at radius 1 is 1.62 bits per heavy atom. The second-order valence-corrected chi connectivity index (χ2v) is 4.43. The highest BCUT2D eigenvalue weighted by atomic mass is 32.1. The number of aromatic nitrogens is 2. The van der Waals surface area contributed by atoms with E-state index < -0.39 is 0 Å². The van der Waals surface area contributed by atoms with Crippen molar-refractivity contribution in [3.8, 4) is 11.3 Å². The van der Waals surface area contributed by atoms with Gasteiger partial charge in [0.15, 0.2) is 0 Å². The first-order valence-corrected chi connectivity index (χ1v) is 5.97. The molecule has 84 valence electrons. The van der Waals surface area contributed by atoms with E-state index in [-0.39, 0.29) is 5.91 Å². The molecule has 16 heavy (non-hydrogen) atoms. The number of aromatic amines is 1. The number of carbonyl (C=O) groups is 1. The van der Waals surface area contributed by atoms with Crippen LogP contribution in [0.2, 0.25) is 0 Å². The smallest absolute Gasteiger partial charge is 0.217 e. The molecule has 0 radical (unpaired) electrons. The Morgan fingerprint density at radius 3 is 3.06 bits per heavy atom. The van der Waals surface area contributed by atoms with Gasteiger partial charge in [-0.1, -0.05) is 0 Å². The Labute approximate surface area is 97.5 Å². The maximum absolute atomic E-state index is 10.8. The van der Waals surface area contributed by atoms with Crippen molar-refractivity contribution in [3.05, 3.63) is 28.1 Å². The molecule has 0 atom stereocenters. The van der Waals surface area contributed by atoms with Gasteiger partial charge in [-0.15, -0.1) is 0 Å². The first kappa shape index (κ1) is 10.9. The normalized spacial score (nSPS) is 10.6. The second-order valence-electron chi connectivity index (χ2n) is 3.65. The minimum absolute atomic E-state index is 0.281. The van der Waals surface area contributed by atoms with Crippen molar-refractivity contribution in [1.82, 2.24) is 10.2 Å². The molecular weight excluding hydrogens is 222 g/mol. The van der Waals surface area contributed by atoms with Crippen molar-refractivity contribution >= 4 is 17.2 Å². The molecule has 0 aliphatic rings. The van der Waals surface area contributed by atoms with E-state index in [2.05, 4.69) is 10.2 Å². The zero-order chi connectivity index (χ0) is 11.5. The molecule has 0 bridgehead atoms. The van der Waals surface area contributed by atoms with Crippen LogP contribution in [0.15, 0.2) is 16.8 Å². The van der Waals surface area contributed by atoms with Crippen LogP contribution in [-0.2, 0) is 11.2 Å². The molecule has 4 nitrogen and oxygen atoms in total. The minimum atomic E-state index is -0.281. The van der Waals surface area contributed by atoms with Gasteiger partial charge in [-0.05, 0) is 24.8 Å². The molecule has 5 heteroatoms. The second kappa shape index (κ2) is 4.49. The van der Waals surface area contributed by atoms with Gasteiger partial charge in [-0.25, -0.2) is 0 Å². The Balaban J connectivity index is 2.29. The molecule has 2 aromatic rings. The third-order valence-electron chi connectivity index (χ3n) is 2.49. The summed E-state index contributed by atoms with van der Waals surface area (Å²) in [7, 11) is 0. The van der Waals surface area contributed by atoms with Gasteiger partial charge < -0.3 is 5.73 Å². The predicted molar refractivity (Wildman–Crippen MR) is 64.2 cm³/mol. The van der Waals surface area contributed by atoms with E-state index in [0.29, 0.717) is 12.8 Å². The van der Waals surface area contributed by atoms with E-state index in [1.807, 2.05) is 23.8 Å². The first-order valence-electron chi connectivity index (χ1n) is 5.03. The molecule has 0 aliphatic heterocycles. The van der Waals surface area contributed by atoms with E-state index in [1.165, 1.54) is 0 Å². The summed E-state index contributed by atoms with van der Waals surface area (Å²) in [6.07, 6.45) is 1.00. The van der Waals surface area contributed by atoms with E-state index in [0.717, 1.165) is 22.5 Å². The van der Waals surface area contributed by atoms with Crippen LogP contribution in [-0.4, -0.2) is 16.1 Å². The summed E-state index contributed by atoms with van der Waals surface area (Å²) in [5.41, 5.74) is 9.27. The standard InChI is InChI=1S/C11H13N3OS/c1-7-9(2-3-10(12)15)11(14-13-7)8-4-5-16-6-8/h4-6H,2-3H2,1H3,(H2,12,15)(H,13,14). The maximum atomic E-state index is 10.8. The lowest BCUT2D eigenvalue weighted by Crippen LogP contribution is -2.11. The molecule has 0 aromatic carbocycles. The highest BCUT2D eigenvalue weighted by Gasteiger charge is 2.12.